The molecule has 1 aromatic rings. The molecule has 1 heterocycles. The lowest BCUT2D eigenvalue weighted by Gasteiger charge is -2.39. The molecule has 0 radical (unpaired) electrons. The van der Waals surface area contributed by atoms with Crippen LogP contribution in [0, 0.1) is 5.82 Å². The average Bonchev–Trinajstić information content (AvgIpc) is 2.38. The van der Waals surface area contributed by atoms with E-state index in [1.54, 1.807) is 12.1 Å². The maximum absolute atomic E-state index is 14.4. The van der Waals surface area contributed by atoms with E-state index in [0.29, 0.717) is 24.1 Å². The third kappa shape index (κ3) is 2.39. The Labute approximate surface area is 124 Å². The molecule has 114 valence electrons. The molecule has 4 nitrogen and oxygen atoms in total. The highest BCUT2D eigenvalue weighted by atomic mass is 19.1. The Morgan fingerprint density at radius 2 is 1.90 bits per heavy atom. The minimum atomic E-state index is -0.860. The molecule has 0 atom stereocenters. The number of carboxylic acid groups (broad SMARTS) is 1. The van der Waals surface area contributed by atoms with Gasteiger partial charge in [-0.15, -0.1) is 0 Å². The molecule has 0 amide bonds. The molecule has 1 saturated heterocycles. The van der Waals surface area contributed by atoms with E-state index in [-0.39, 0.29) is 5.82 Å². The number of aliphatic carboxylic acids is 1. The Balaban J connectivity index is 1.85. The van der Waals surface area contributed by atoms with Crippen LogP contribution >= 0.6 is 0 Å². The largest absolute Gasteiger partial charge is 0.481 e. The first-order valence-corrected chi connectivity index (χ1v) is 7.50. The number of piperazine rings is 1. The Bertz CT molecular complexity index is 549. The molecule has 1 aliphatic heterocycles. The van der Waals surface area contributed by atoms with Gasteiger partial charge in [-0.3, -0.25) is 4.79 Å². The standard InChI is InChI=1S/C16H21FN2O2/c1-18-7-9-19(10-8-18)14-4-3-12(11-13(14)17)16(15(20)21)5-2-6-16/h3-4,11H,2,5-10H2,1H3,(H,20,21). The number of halogens is 1. The second-order valence-electron chi connectivity index (χ2n) is 6.20. The van der Waals surface area contributed by atoms with Crippen molar-refractivity contribution in [3.8, 4) is 0 Å². The molecule has 1 aromatic carbocycles. The third-order valence-electron chi connectivity index (χ3n) is 4.96. The number of nitrogens with zero attached hydrogens (tertiary/aromatic N) is 2. The lowest BCUT2D eigenvalue weighted by Crippen LogP contribution is -2.45. The van der Waals surface area contributed by atoms with Crippen LogP contribution in [0.3, 0.4) is 0 Å². The van der Waals surface area contributed by atoms with Crippen molar-refractivity contribution in [3.63, 3.8) is 0 Å². The summed E-state index contributed by atoms with van der Waals surface area (Å²) < 4.78 is 14.4. The van der Waals surface area contributed by atoms with Gasteiger partial charge in [-0.05, 0) is 37.6 Å². The fraction of sp³-hybridized carbons (Fsp3) is 0.562. The van der Waals surface area contributed by atoms with Gasteiger partial charge < -0.3 is 14.9 Å². The molecule has 3 rings (SSSR count). The van der Waals surface area contributed by atoms with Crippen molar-refractivity contribution < 1.29 is 14.3 Å². The van der Waals surface area contributed by atoms with Crippen molar-refractivity contribution in [1.29, 1.82) is 0 Å². The number of anilines is 1. The van der Waals surface area contributed by atoms with Crippen LogP contribution in [0.1, 0.15) is 24.8 Å². The van der Waals surface area contributed by atoms with Crippen LogP contribution in [0.2, 0.25) is 0 Å². The van der Waals surface area contributed by atoms with E-state index in [9.17, 15) is 14.3 Å². The van der Waals surface area contributed by atoms with Crippen LogP contribution in [-0.4, -0.2) is 49.2 Å². The number of carboxylic acids is 1. The predicted octanol–water partition coefficient (Wildman–Crippen LogP) is 2.08. The zero-order valence-electron chi connectivity index (χ0n) is 12.3. The topological polar surface area (TPSA) is 43.8 Å². The minimum absolute atomic E-state index is 0.301. The molecular formula is C16H21FN2O2. The maximum atomic E-state index is 14.4. The van der Waals surface area contributed by atoms with Crippen LogP contribution in [-0.2, 0) is 10.2 Å². The summed E-state index contributed by atoms with van der Waals surface area (Å²) in [7, 11) is 2.06. The number of rotatable bonds is 3. The van der Waals surface area contributed by atoms with Crippen LogP contribution in [0.25, 0.3) is 0 Å². The number of hydrogen-bond acceptors (Lipinski definition) is 3. The van der Waals surface area contributed by atoms with E-state index >= 15 is 0 Å². The van der Waals surface area contributed by atoms with Crippen LogP contribution in [0.15, 0.2) is 18.2 Å². The number of benzene rings is 1. The molecule has 2 fully saturated rings. The quantitative estimate of drug-likeness (QED) is 0.926. The van der Waals surface area contributed by atoms with Crippen molar-refractivity contribution in [2.75, 3.05) is 38.1 Å². The molecule has 0 bridgehead atoms. The fourth-order valence-electron chi connectivity index (χ4n) is 3.26. The van der Waals surface area contributed by atoms with Gasteiger partial charge in [0.05, 0.1) is 11.1 Å². The monoisotopic (exact) mass is 292 g/mol. The van der Waals surface area contributed by atoms with Gasteiger partial charge in [0.2, 0.25) is 0 Å². The molecule has 5 heteroatoms. The molecule has 1 N–H and O–H groups in total. The number of carbonyl (C=O) groups is 1. The first kappa shape index (κ1) is 14.3. The summed E-state index contributed by atoms with van der Waals surface area (Å²) in [5.41, 5.74) is 0.338. The van der Waals surface area contributed by atoms with E-state index in [1.807, 2.05) is 4.90 Å². The van der Waals surface area contributed by atoms with Crippen molar-refractivity contribution >= 4 is 11.7 Å². The Hall–Kier alpha value is -1.62. The molecule has 0 spiro atoms. The van der Waals surface area contributed by atoms with E-state index in [4.69, 9.17) is 0 Å². The second-order valence-corrected chi connectivity index (χ2v) is 6.20. The zero-order valence-corrected chi connectivity index (χ0v) is 12.3. The van der Waals surface area contributed by atoms with Crippen molar-refractivity contribution in [1.82, 2.24) is 4.90 Å². The summed E-state index contributed by atoms with van der Waals surface area (Å²) in [4.78, 5) is 15.8. The maximum Gasteiger partial charge on any atom is 0.314 e. The SMILES string of the molecule is CN1CCN(c2ccc(C3(C(=O)O)CCC3)cc2F)CC1. The van der Waals surface area contributed by atoms with E-state index in [2.05, 4.69) is 11.9 Å². The van der Waals surface area contributed by atoms with E-state index in [1.165, 1.54) is 6.07 Å². The highest BCUT2D eigenvalue weighted by Gasteiger charge is 2.46. The van der Waals surface area contributed by atoms with E-state index in [0.717, 1.165) is 32.6 Å². The fourth-order valence-corrected chi connectivity index (χ4v) is 3.26. The summed E-state index contributed by atoms with van der Waals surface area (Å²) in [5, 5.41) is 9.44. The Morgan fingerprint density at radius 1 is 1.24 bits per heavy atom. The van der Waals surface area contributed by atoms with Crippen LogP contribution in [0.5, 0.6) is 0 Å². The molecule has 2 aliphatic rings. The second kappa shape index (κ2) is 5.30. The smallest absolute Gasteiger partial charge is 0.314 e. The van der Waals surface area contributed by atoms with Gasteiger partial charge in [-0.25, -0.2) is 4.39 Å². The third-order valence-corrected chi connectivity index (χ3v) is 4.96. The predicted molar refractivity (Wildman–Crippen MR) is 79.3 cm³/mol. The summed E-state index contributed by atoms with van der Waals surface area (Å²) in [6, 6.07) is 4.98. The molecule has 1 saturated carbocycles. The molecule has 0 aromatic heterocycles. The van der Waals surface area contributed by atoms with Gasteiger partial charge in [0.1, 0.15) is 5.82 Å². The van der Waals surface area contributed by atoms with Gasteiger partial charge in [0.15, 0.2) is 0 Å². The summed E-state index contributed by atoms with van der Waals surface area (Å²) in [6.07, 6.45) is 2.11. The van der Waals surface area contributed by atoms with Crippen LogP contribution < -0.4 is 4.90 Å². The minimum Gasteiger partial charge on any atom is -0.481 e. The summed E-state index contributed by atoms with van der Waals surface area (Å²) in [6.45, 7) is 3.44. The average molecular weight is 292 g/mol. The van der Waals surface area contributed by atoms with Gasteiger partial charge in [-0.2, -0.15) is 0 Å². The molecule has 21 heavy (non-hydrogen) atoms. The van der Waals surface area contributed by atoms with Gasteiger partial charge >= 0.3 is 5.97 Å². The highest BCUT2D eigenvalue weighted by Crippen LogP contribution is 2.44. The number of hydrogen-bond donors (Lipinski definition) is 1. The van der Waals surface area contributed by atoms with Crippen molar-refractivity contribution in [3.05, 3.63) is 29.6 Å². The first-order chi connectivity index (χ1) is 10.0. The Kier molecular flexibility index (Phi) is 3.61. The molecular weight excluding hydrogens is 271 g/mol. The first-order valence-electron chi connectivity index (χ1n) is 7.50. The lowest BCUT2D eigenvalue weighted by molar-refractivity contribution is -0.147. The van der Waals surface area contributed by atoms with Crippen molar-refractivity contribution in [2.24, 2.45) is 0 Å². The van der Waals surface area contributed by atoms with Crippen molar-refractivity contribution in [2.45, 2.75) is 24.7 Å². The summed E-state index contributed by atoms with van der Waals surface area (Å²) >= 11 is 0. The normalized spacial score (nSPS) is 21.9. The number of likely N-dealkylation sites (N-methyl/N-ethyl adjacent to an activating group) is 1. The van der Waals surface area contributed by atoms with E-state index < -0.39 is 11.4 Å². The molecule has 0 unspecified atom stereocenters. The van der Waals surface area contributed by atoms with Gasteiger partial charge in [0, 0.05) is 26.2 Å². The summed E-state index contributed by atoms with van der Waals surface area (Å²) in [5.74, 6) is -1.13. The zero-order chi connectivity index (χ0) is 15.0. The highest BCUT2D eigenvalue weighted by molar-refractivity contribution is 5.82. The lowest BCUT2D eigenvalue weighted by atomic mass is 9.64. The Morgan fingerprint density at radius 3 is 2.38 bits per heavy atom. The molecule has 1 aliphatic carbocycles. The van der Waals surface area contributed by atoms with Crippen LogP contribution in [0.4, 0.5) is 10.1 Å². The van der Waals surface area contributed by atoms with Gasteiger partial charge in [0.25, 0.3) is 0 Å². The van der Waals surface area contributed by atoms with Gasteiger partial charge in [-0.1, -0.05) is 12.5 Å².